The first kappa shape index (κ1) is 19.8. The van der Waals surface area contributed by atoms with Gasteiger partial charge < -0.3 is 19.5 Å². The van der Waals surface area contributed by atoms with Gasteiger partial charge in [0, 0.05) is 41.9 Å². The lowest BCUT2D eigenvalue weighted by atomic mass is 9.94. The van der Waals surface area contributed by atoms with E-state index in [1.54, 1.807) is 21.3 Å². The summed E-state index contributed by atoms with van der Waals surface area (Å²) in [4.78, 5) is 2.46. The predicted molar refractivity (Wildman–Crippen MR) is 108 cm³/mol. The highest BCUT2D eigenvalue weighted by Crippen LogP contribution is 2.41. The Morgan fingerprint density at radius 3 is 2.44 bits per heavy atom. The second-order valence-electron chi connectivity index (χ2n) is 6.54. The fourth-order valence-corrected chi connectivity index (χ4v) is 3.83. The lowest BCUT2D eigenvalue weighted by molar-refractivity contribution is 0.231. The van der Waals surface area contributed by atoms with Crippen molar-refractivity contribution in [1.29, 1.82) is 0 Å². The van der Waals surface area contributed by atoms with Gasteiger partial charge in [0.1, 0.15) is 17.2 Å². The third-order valence-electron chi connectivity index (χ3n) is 4.96. The maximum Gasteiger partial charge on any atom is 0.127 e. The quantitative estimate of drug-likeness (QED) is 0.813. The van der Waals surface area contributed by atoms with E-state index in [1.165, 1.54) is 0 Å². The van der Waals surface area contributed by atoms with Crippen LogP contribution in [0.5, 0.6) is 17.2 Å². The van der Waals surface area contributed by atoms with Gasteiger partial charge in [-0.15, -0.1) is 0 Å². The summed E-state index contributed by atoms with van der Waals surface area (Å²) in [6.45, 7) is 3.87. The lowest BCUT2D eigenvalue weighted by Crippen LogP contribution is -2.33. The van der Waals surface area contributed by atoms with Gasteiger partial charge in [-0.1, -0.05) is 11.6 Å². The normalized spacial score (nSPS) is 16.4. The van der Waals surface area contributed by atoms with Gasteiger partial charge in [0.25, 0.3) is 0 Å². The van der Waals surface area contributed by atoms with Crippen molar-refractivity contribution in [2.45, 2.75) is 12.5 Å². The summed E-state index contributed by atoms with van der Waals surface area (Å²) in [5, 5.41) is 4.16. The van der Waals surface area contributed by atoms with Crippen LogP contribution < -0.4 is 19.5 Å². The number of halogens is 1. The van der Waals surface area contributed by atoms with Crippen molar-refractivity contribution in [2.75, 3.05) is 47.5 Å². The second-order valence-corrected chi connectivity index (χ2v) is 6.97. The molecule has 1 unspecified atom stereocenters. The number of nitrogens with zero attached hydrogens (tertiary/aromatic N) is 1. The predicted octanol–water partition coefficient (Wildman–Crippen LogP) is 3.75. The van der Waals surface area contributed by atoms with Gasteiger partial charge in [-0.3, -0.25) is 4.90 Å². The highest BCUT2D eigenvalue weighted by atomic mass is 35.5. The van der Waals surface area contributed by atoms with Gasteiger partial charge in [-0.2, -0.15) is 0 Å². The fourth-order valence-electron chi connectivity index (χ4n) is 3.65. The fraction of sp³-hybridized carbons (Fsp3) is 0.429. The zero-order chi connectivity index (χ0) is 19.2. The number of rotatable bonds is 6. The average molecular weight is 391 g/mol. The van der Waals surface area contributed by atoms with Crippen LogP contribution in [0.2, 0.25) is 5.02 Å². The van der Waals surface area contributed by atoms with Crippen LogP contribution in [0.3, 0.4) is 0 Å². The van der Waals surface area contributed by atoms with E-state index < -0.39 is 0 Å². The molecule has 2 aromatic carbocycles. The summed E-state index contributed by atoms with van der Waals surface area (Å²) < 4.78 is 16.8. The molecule has 1 fully saturated rings. The Morgan fingerprint density at radius 1 is 0.889 bits per heavy atom. The Kier molecular flexibility index (Phi) is 6.83. The monoisotopic (exact) mass is 390 g/mol. The molecule has 0 saturated carbocycles. The van der Waals surface area contributed by atoms with Crippen LogP contribution in [0.1, 0.15) is 23.6 Å². The number of benzene rings is 2. The summed E-state index contributed by atoms with van der Waals surface area (Å²) in [5.74, 6) is 2.38. The Morgan fingerprint density at radius 2 is 1.70 bits per heavy atom. The van der Waals surface area contributed by atoms with Crippen LogP contribution in [-0.4, -0.2) is 52.4 Å². The number of methoxy groups -OCH3 is 3. The molecule has 1 aliphatic rings. The summed E-state index contributed by atoms with van der Waals surface area (Å²) in [7, 11) is 5.04. The Balaban J connectivity index is 2.15. The molecule has 1 aliphatic heterocycles. The van der Waals surface area contributed by atoms with Crippen molar-refractivity contribution >= 4 is 11.6 Å². The first-order valence-electron chi connectivity index (χ1n) is 9.18. The lowest BCUT2D eigenvalue weighted by Gasteiger charge is -2.33. The van der Waals surface area contributed by atoms with Crippen molar-refractivity contribution in [3.8, 4) is 17.2 Å². The minimum absolute atomic E-state index is 0.0283. The molecular weight excluding hydrogens is 364 g/mol. The van der Waals surface area contributed by atoms with Crippen LogP contribution >= 0.6 is 11.6 Å². The van der Waals surface area contributed by atoms with E-state index in [1.807, 2.05) is 30.3 Å². The van der Waals surface area contributed by atoms with Crippen molar-refractivity contribution in [3.63, 3.8) is 0 Å². The van der Waals surface area contributed by atoms with E-state index >= 15 is 0 Å². The molecule has 0 spiro atoms. The van der Waals surface area contributed by atoms with Gasteiger partial charge >= 0.3 is 0 Å². The van der Waals surface area contributed by atoms with Gasteiger partial charge in [0.05, 0.1) is 27.4 Å². The largest absolute Gasteiger partial charge is 0.497 e. The van der Waals surface area contributed by atoms with Crippen LogP contribution in [0.15, 0.2) is 36.4 Å². The molecule has 6 heteroatoms. The topological polar surface area (TPSA) is 43.0 Å². The van der Waals surface area contributed by atoms with Crippen LogP contribution in [0.25, 0.3) is 0 Å². The van der Waals surface area contributed by atoms with E-state index in [4.69, 9.17) is 25.8 Å². The minimum atomic E-state index is -0.0283. The maximum absolute atomic E-state index is 6.36. The molecule has 5 nitrogen and oxygen atoms in total. The van der Waals surface area contributed by atoms with Gasteiger partial charge in [-0.05, 0) is 43.3 Å². The first-order valence-corrected chi connectivity index (χ1v) is 9.56. The SMILES string of the molecule is COc1ccc(C(c2cc(Cl)ccc2OC)N2CCCNCC2)c(OC)c1. The van der Waals surface area contributed by atoms with Crippen LogP contribution in [0.4, 0.5) is 0 Å². The maximum atomic E-state index is 6.36. The van der Waals surface area contributed by atoms with E-state index in [0.29, 0.717) is 5.02 Å². The number of hydrogen-bond donors (Lipinski definition) is 1. The van der Waals surface area contributed by atoms with Crippen molar-refractivity contribution in [2.24, 2.45) is 0 Å². The molecule has 3 rings (SSSR count). The molecule has 1 atom stereocenters. The van der Waals surface area contributed by atoms with E-state index in [9.17, 15) is 0 Å². The second kappa shape index (κ2) is 9.31. The molecule has 0 bridgehead atoms. The molecule has 1 saturated heterocycles. The highest BCUT2D eigenvalue weighted by molar-refractivity contribution is 6.30. The van der Waals surface area contributed by atoms with Crippen molar-refractivity contribution in [3.05, 3.63) is 52.5 Å². The summed E-state index contributed by atoms with van der Waals surface area (Å²) in [6.07, 6.45) is 1.08. The smallest absolute Gasteiger partial charge is 0.127 e. The Bertz CT molecular complexity index is 761. The summed E-state index contributed by atoms with van der Waals surface area (Å²) in [6, 6.07) is 11.7. The molecule has 0 aliphatic carbocycles. The first-order chi connectivity index (χ1) is 13.2. The third-order valence-corrected chi connectivity index (χ3v) is 5.20. The van der Waals surface area contributed by atoms with Crippen molar-refractivity contribution < 1.29 is 14.2 Å². The number of ether oxygens (including phenoxy) is 3. The third kappa shape index (κ3) is 4.49. The van der Waals surface area contributed by atoms with E-state index in [-0.39, 0.29) is 6.04 Å². The van der Waals surface area contributed by atoms with Gasteiger partial charge in [0.2, 0.25) is 0 Å². The van der Waals surface area contributed by atoms with Crippen LogP contribution in [-0.2, 0) is 0 Å². The summed E-state index contributed by atoms with van der Waals surface area (Å²) >= 11 is 6.36. The minimum Gasteiger partial charge on any atom is -0.497 e. The van der Waals surface area contributed by atoms with E-state index in [0.717, 1.165) is 61.0 Å². The molecule has 1 N–H and O–H groups in total. The molecule has 2 aromatic rings. The molecule has 0 radical (unpaired) electrons. The molecule has 27 heavy (non-hydrogen) atoms. The standard InChI is InChI=1S/C21H27ClN2O3/c1-25-16-6-7-17(20(14-16)27-3)21(24-11-4-9-23-10-12-24)18-13-15(22)5-8-19(18)26-2/h5-8,13-14,21,23H,4,9-12H2,1-3H3. The molecule has 0 aromatic heterocycles. The number of nitrogens with one attached hydrogen (secondary N) is 1. The average Bonchev–Trinajstić information content (AvgIpc) is 2.98. The summed E-state index contributed by atoms with van der Waals surface area (Å²) in [5.41, 5.74) is 2.11. The zero-order valence-electron chi connectivity index (χ0n) is 16.1. The van der Waals surface area contributed by atoms with E-state index in [2.05, 4.69) is 16.3 Å². The van der Waals surface area contributed by atoms with Crippen molar-refractivity contribution in [1.82, 2.24) is 10.2 Å². The molecule has 0 amide bonds. The number of hydrogen-bond acceptors (Lipinski definition) is 5. The molecule has 1 heterocycles. The Hall–Kier alpha value is -1.95. The highest BCUT2D eigenvalue weighted by Gasteiger charge is 2.29. The van der Waals surface area contributed by atoms with Gasteiger partial charge in [-0.25, -0.2) is 0 Å². The molecule has 146 valence electrons. The van der Waals surface area contributed by atoms with Gasteiger partial charge in [0.15, 0.2) is 0 Å². The Labute approximate surface area is 166 Å². The van der Waals surface area contributed by atoms with Crippen LogP contribution in [0, 0.1) is 0 Å². The zero-order valence-corrected chi connectivity index (χ0v) is 16.9. The molecular formula is C21H27ClN2O3.